The SMILES string of the molecule is CC/C=C\C/C=C\C/C=C\C/C=C\C/C=C\C/C=C\CCCC(O)C(=O)NC(COC1OC(CO)C(O)C(O)C1OC(=O)CCCCCCC\C=C/C=C/C=C/CC)C(O)/C=C/CCCCCCCCCCCC. The second kappa shape index (κ2) is 49.9. The van der Waals surface area contributed by atoms with Gasteiger partial charge in [0.05, 0.1) is 25.4 Å². The van der Waals surface area contributed by atoms with Crippen LogP contribution in [0, 0.1) is 0 Å². The number of ether oxygens (including phenoxy) is 3. The third-order valence-electron chi connectivity index (χ3n) is 12.7. The molecule has 0 aromatic carbocycles. The molecular formula is C63H103NO10. The molecule has 1 aliphatic rings. The molecule has 1 amide bonds. The van der Waals surface area contributed by atoms with E-state index in [0.717, 1.165) is 103 Å². The lowest BCUT2D eigenvalue weighted by atomic mass is 9.99. The first kappa shape index (κ1) is 68.1. The number of unbranched alkanes of at least 4 members (excludes halogenated alkanes) is 16. The third kappa shape index (κ3) is 37.7. The molecule has 0 aliphatic carbocycles. The van der Waals surface area contributed by atoms with Crippen molar-refractivity contribution >= 4 is 11.9 Å². The summed E-state index contributed by atoms with van der Waals surface area (Å²) in [6, 6.07) is -1.06. The van der Waals surface area contributed by atoms with Crippen LogP contribution in [0.5, 0.6) is 0 Å². The third-order valence-corrected chi connectivity index (χ3v) is 12.7. The summed E-state index contributed by atoms with van der Waals surface area (Å²) in [5, 5.41) is 56.8. The summed E-state index contributed by atoms with van der Waals surface area (Å²) in [6.07, 6.45) is 58.2. The molecular weight excluding hydrogens is 931 g/mol. The summed E-state index contributed by atoms with van der Waals surface area (Å²) in [4.78, 5) is 26.4. The van der Waals surface area contributed by atoms with E-state index >= 15 is 0 Å². The molecule has 0 bridgehead atoms. The number of amides is 1. The molecule has 1 fully saturated rings. The number of hydrogen-bond donors (Lipinski definition) is 6. The molecule has 6 N–H and O–H groups in total. The van der Waals surface area contributed by atoms with Crippen molar-refractivity contribution in [3.8, 4) is 0 Å². The largest absolute Gasteiger partial charge is 0.454 e. The number of nitrogens with one attached hydrogen (secondary N) is 1. The van der Waals surface area contributed by atoms with Crippen LogP contribution in [0.15, 0.2) is 122 Å². The van der Waals surface area contributed by atoms with Crippen LogP contribution in [0.4, 0.5) is 0 Å². The van der Waals surface area contributed by atoms with Gasteiger partial charge in [-0.05, 0) is 96.3 Å². The van der Waals surface area contributed by atoms with Crippen LogP contribution in [0.2, 0.25) is 0 Å². The number of aliphatic hydroxyl groups is 5. The van der Waals surface area contributed by atoms with Gasteiger partial charge in [0.15, 0.2) is 12.4 Å². The molecule has 0 aromatic heterocycles. The number of carbonyl (C=O) groups is 2. The maximum atomic E-state index is 13.4. The van der Waals surface area contributed by atoms with Crippen molar-refractivity contribution in [1.82, 2.24) is 5.32 Å². The Bertz CT molecular complexity index is 1660. The van der Waals surface area contributed by atoms with E-state index in [1.165, 1.54) is 44.9 Å². The quantitative estimate of drug-likeness (QED) is 0.0149. The molecule has 74 heavy (non-hydrogen) atoms. The first-order valence-corrected chi connectivity index (χ1v) is 28.8. The summed E-state index contributed by atoms with van der Waals surface area (Å²) < 4.78 is 17.5. The molecule has 0 spiro atoms. The summed E-state index contributed by atoms with van der Waals surface area (Å²) in [5.41, 5.74) is 0. The average Bonchev–Trinajstić information content (AvgIpc) is 3.40. The van der Waals surface area contributed by atoms with Crippen molar-refractivity contribution in [3.63, 3.8) is 0 Å². The average molecular weight is 1030 g/mol. The summed E-state index contributed by atoms with van der Waals surface area (Å²) in [6.45, 7) is 5.47. The zero-order valence-electron chi connectivity index (χ0n) is 46.2. The molecule has 0 saturated carbocycles. The fourth-order valence-corrected chi connectivity index (χ4v) is 8.13. The summed E-state index contributed by atoms with van der Waals surface area (Å²) in [7, 11) is 0. The Morgan fingerprint density at radius 2 is 1.04 bits per heavy atom. The lowest BCUT2D eigenvalue weighted by Gasteiger charge is -2.41. The number of rotatable bonds is 46. The Kier molecular flexibility index (Phi) is 45.9. The summed E-state index contributed by atoms with van der Waals surface area (Å²) >= 11 is 0. The Labute approximate surface area is 449 Å². The van der Waals surface area contributed by atoms with Crippen molar-refractivity contribution in [2.75, 3.05) is 13.2 Å². The van der Waals surface area contributed by atoms with Gasteiger partial charge < -0.3 is 45.1 Å². The van der Waals surface area contributed by atoms with Gasteiger partial charge in [0.2, 0.25) is 5.91 Å². The van der Waals surface area contributed by atoms with E-state index in [2.05, 4.69) is 105 Å². The van der Waals surface area contributed by atoms with E-state index in [1.807, 2.05) is 36.5 Å². The fourth-order valence-electron chi connectivity index (χ4n) is 8.13. The second-order valence-corrected chi connectivity index (χ2v) is 19.3. The smallest absolute Gasteiger partial charge is 0.306 e. The molecule has 420 valence electrons. The van der Waals surface area contributed by atoms with Crippen LogP contribution in [0.1, 0.15) is 201 Å². The van der Waals surface area contributed by atoms with E-state index in [4.69, 9.17) is 14.2 Å². The minimum atomic E-state index is -1.64. The Balaban J connectivity index is 2.78. The number of carbonyl (C=O) groups excluding carboxylic acids is 2. The molecule has 1 aliphatic heterocycles. The van der Waals surface area contributed by atoms with Crippen LogP contribution in [0.25, 0.3) is 0 Å². The van der Waals surface area contributed by atoms with Gasteiger partial charge in [0.25, 0.3) is 0 Å². The Hall–Kier alpha value is -3.94. The van der Waals surface area contributed by atoms with Crippen molar-refractivity contribution in [2.45, 2.75) is 250 Å². The molecule has 11 heteroatoms. The van der Waals surface area contributed by atoms with Crippen LogP contribution >= 0.6 is 0 Å². The maximum Gasteiger partial charge on any atom is 0.306 e. The van der Waals surface area contributed by atoms with Crippen LogP contribution in [-0.4, -0.2) is 99.6 Å². The number of esters is 1. The van der Waals surface area contributed by atoms with Gasteiger partial charge in [-0.2, -0.15) is 0 Å². The normalized spacial score (nSPS) is 20.2. The molecule has 0 radical (unpaired) electrons. The second-order valence-electron chi connectivity index (χ2n) is 19.3. The predicted octanol–water partition coefficient (Wildman–Crippen LogP) is 13.1. The molecule has 1 saturated heterocycles. The lowest BCUT2D eigenvalue weighted by Crippen LogP contribution is -2.61. The van der Waals surface area contributed by atoms with Crippen molar-refractivity contribution < 1.29 is 49.3 Å². The van der Waals surface area contributed by atoms with Gasteiger partial charge in [-0.25, -0.2) is 0 Å². The van der Waals surface area contributed by atoms with E-state index in [1.54, 1.807) is 6.08 Å². The first-order valence-electron chi connectivity index (χ1n) is 28.8. The van der Waals surface area contributed by atoms with Crippen LogP contribution < -0.4 is 5.32 Å². The van der Waals surface area contributed by atoms with E-state index in [0.29, 0.717) is 19.3 Å². The zero-order valence-corrected chi connectivity index (χ0v) is 46.2. The number of hydrogen-bond acceptors (Lipinski definition) is 10. The van der Waals surface area contributed by atoms with Crippen molar-refractivity contribution in [3.05, 3.63) is 122 Å². The molecule has 8 atom stereocenters. The van der Waals surface area contributed by atoms with Crippen molar-refractivity contribution in [2.24, 2.45) is 0 Å². The minimum Gasteiger partial charge on any atom is -0.454 e. The standard InChI is InChI=1S/C63H103NO10/c1-4-7-10-13-16-19-22-25-26-27-28-29-30-31-33-35-38-41-44-47-50-56(67)62(71)64-54(55(66)49-46-43-40-37-34-24-21-18-15-12-9-6-3)53-72-63-61(60(70)59(69)57(52-65)73-63)74-58(68)51-48-45-42-39-36-32-23-20-17-14-11-8-5-2/h7-8,10-11,14,16-17,19-20,23,25-26,28-29,31,33,38,41,46,49,54-57,59-61,63,65-67,69-70H,4-6,9,12-13,15,18,21-22,24,27,30,32,34-37,39-40,42-45,47-48,50-53H2,1-3H3,(H,64,71)/b10-7-,11-8+,17-14+,19-16-,23-20-,26-25-,29-28-,33-31-,41-38-,49-46+. The number of allylic oxidation sites excluding steroid dienone is 19. The predicted molar refractivity (Wildman–Crippen MR) is 305 cm³/mol. The zero-order chi connectivity index (χ0) is 54.0. The van der Waals surface area contributed by atoms with E-state index < -0.39 is 67.4 Å². The maximum absolute atomic E-state index is 13.4. The molecule has 8 unspecified atom stereocenters. The molecule has 1 heterocycles. The van der Waals surface area contributed by atoms with Gasteiger partial charge in [0, 0.05) is 6.42 Å². The van der Waals surface area contributed by atoms with Crippen LogP contribution in [0.3, 0.4) is 0 Å². The lowest BCUT2D eigenvalue weighted by molar-refractivity contribution is -0.305. The van der Waals surface area contributed by atoms with Gasteiger partial charge in [-0.15, -0.1) is 0 Å². The Morgan fingerprint density at radius 1 is 0.554 bits per heavy atom. The van der Waals surface area contributed by atoms with Gasteiger partial charge >= 0.3 is 5.97 Å². The number of aliphatic hydroxyl groups excluding tert-OH is 5. The molecule has 0 aromatic rings. The topological polar surface area (TPSA) is 175 Å². The highest BCUT2D eigenvalue weighted by Crippen LogP contribution is 2.26. The van der Waals surface area contributed by atoms with E-state index in [9.17, 15) is 35.1 Å². The Morgan fingerprint density at radius 3 is 1.59 bits per heavy atom. The first-order chi connectivity index (χ1) is 36.2. The minimum absolute atomic E-state index is 0.0880. The summed E-state index contributed by atoms with van der Waals surface area (Å²) in [5.74, 6) is -1.27. The highest BCUT2D eigenvalue weighted by Gasteiger charge is 2.47. The van der Waals surface area contributed by atoms with Gasteiger partial charge in [-0.1, -0.05) is 219 Å². The fraction of sp³-hybridized carbons (Fsp3) is 0.651. The van der Waals surface area contributed by atoms with E-state index in [-0.39, 0.29) is 19.4 Å². The highest BCUT2D eigenvalue weighted by atomic mass is 16.7. The highest BCUT2D eigenvalue weighted by molar-refractivity contribution is 5.80. The van der Waals surface area contributed by atoms with Crippen LogP contribution in [-0.2, 0) is 23.8 Å². The van der Waals surface area contributed by atoms with Crippen molar-refractivity contribution in [1.29, 1.82) is 0 Å². The molecule has 11 nitrogen and oxygen atoms in total. The van der Waals surface area contributed by atoms with Gasteiger partial charge in [-0.3, -0.25) is 9.59 Å². The monoisotopic (exact) mass is 1030 g/mol. The molecule has 1 rings (SSSR count). The van der Waals surface area contributed by atoms with Gasteiger partial charge in [0.1, 0.15) is 24.4 Å².